The molecule has 122 valence electrons. The predicted molar refractivity (Wildman–Crippen MR) is 79.8 cm³/mol. The summed E-state index contributed by atoms with van der Waals surface area (Å²) in [5, 5.41) is -0.808. The van der Waals surface area contributed by atoms with Gasteiger partial charge in [0.25, 0.3) is 0 Å². The van der Waals surface area contributed by atoms with Crippen LogP contribution in [0.2, 0.25) is 0 Å². The largest absolute Gasteiger partial charge is 0.443 e. The van der Waals surface area contributed by atoms with Crippen molar-refractivity contribution < 1.29 is 13.2 Å². The Kier molecular flexibility index (Phi) is 8.21. The van der Waals surface area contributed by atoms with E-state index in [9.17, 15) is 13.2 Å². The number of halogens is 3. The summed E-state index contributed by atoms with van der Waals surface area (Å²) >= 11 is 0.669. The minimum absolute atomic E-state index is 0.241. The van der Waals surface area contributed by atoms with E-state index in [0.29, 0.717) is 16.2 Å². The number of rotatable bonds is 10. The van der Waals surface area contributed by atoms with E-state index in [1.54, 1.807) is 0 Å². The van der Waals surface area contributed by atoms with Gasteiger partial charge in [0.05, 0.1) is 6.04 Å². The molecule has 0 saturated carbocycles. The molecule has 1 aromatic heterocycles. The molecule has 0 aliphatic rings. The highest BCUT2D eigenvalue weighted by atomic mass is 32.1. The first-order chi connectivity index (χ1) is 9.99. The normalized spacial score (nSPS) is 13.6. The third-order valence-corrected chi connectivity index (χ3v) is 4.56. The van der Waals surface area contributed by atoms with Gasteiger partial charge < -0.3 is 0 Å². The van der Waals surface area contributed by atoms with Crippen molar-refractivity contribution in [1.82, 2.24) is 10.4 Å². The zero-order valence-electron chi connectivity index (χ0n) is 12.4. The van der Waals surface area contributed by atoms with E-state index in [-0.39, 0.29) is 6.04 Å². The molecular weight excluding hydrogens is 299 g/mol. The van der Waals surface area contributed by atoms with Gasteiger partial charge in [0.1, 0.15) is 0 Å². The highest BCUT2D eigenvalue weighted by Gasteiger charge is 2.35. The quantitative estimate of drug-likeness (QED) is 0.369. The molecule has 1 aromatic rings. The first kappa shape index (κ1) is 18.4. The van der Waals surface area contributed by atoms with Crippen molar-refractivity contribution in [3.05, 3.63) is 16.1 Å². The lowest BCUT2D eigenvalue weighted by Crippen LogP contribution is -2.27. The number of alkyl halides is 3. The molecule has 0 radical (unpaired) electrons. The van der Waals surface area contributed by atoms with Gasteiger partial charge in [-0.25, -0.2) is 4.98 Å². The van der Waals surface area contributed by atoms with Crippen LogP contribution in [0.15, 0.2) is 6.20 Å². The fourth-order valence-corrected chi connectivity index (χ4v) is 3.07. The number of hydrogen-bond acceptors (Lipinski definition) is 4. The first-order valence-corrected chi connectivity index (χ1v) is 8.29. The number of aromatic nitrogens is 1. The van der Waals surface area contributed by atoms with Gasteiger partial charge in [-0.1, -0.05) is 51.9 Å². The van der Waals surface area contributed by atoms with Crippen molar-refractivity contribution in [3.63, 3.8) is 0 Å². The molecule has 0 aliphatic heterocycles. The van der Waals surface area contributed by atoms with Crippen LogP contribution in [0.3, 0.4) is 0 Å². The number of nitrogens with zero attached hydrogens (tertiary/aromatic N) is 1. The lowest BCUT2D eigenvalue weighted by atomic mass is 10.0. The Labute approximate surface area is 128 Å². The molecule has 7 heteroatoms. The van der Waals surface area contributed by atoms with Gasteiger partial charge in [0.15, 0.2) is 5.01 Å². The number of nitrogens with two attached hydrogens (primary N) is 1. The fourth-order valence-electron chi connectivity index (χ4n) is 2.19. The zero-order valence-corrected chi connectivity index (χ0v) is 13.2. The van der Waals surface area contributed by atoms with Crippen molar-refractivity contribution in [2.75, 3.05) is 0 Å². The molecule has 3 nitrogen and oxygen atoms in total. The Bertz CT molecular complexity index is 393. The predicted octanol–water partition coefficient (Wildman–Crippen LogP) is 4.81. The Morgan fingerprint density at radius 2 is 1.81 bits per heavy atom. The number of thiazole rings is 1. The van der Waals surface area contributed by atoms with Crippen LogP contribution in [-0.4, -0.2) is 4.98 Å². The number of nitrogens with one attached hydrogen (secondary N) is 1. The molecule has 1 unspecified atom stereocenters. The first-order valence-electron chi connectivity index (χ1n) is 7.48. The molecule has 0 spiro atoms. The number of hydrazine groups is 1. The Hall–Kier alpha value is -0.660. The molecule has 1 atom stereocenters. The molecule has 0 aromatic carbocycles. The van der Waals surface area contributed by atoms with E-state index in [2.05, 4.69) is 17.3 Å². The summed E-state index contributed by atoms with van der Waals surface area (Å²) in [5.41, 5.74) is 2.60. The second-order valence-electron chi connectivity index (χ2n) is 5.19. The summed E-state index contributed by atoms with van der Waals surface area (Å²) in [5.74, 6) is 5.45. The topological polar surface area (TPSA) is 50.9 Å². The average Bonchev–Trinajstić information content (AvgIpc) is 2.91. The van der Waals surface area contributed by atoms with E-state index < -0.39 is 11.2 Å². The van der Waals surface area contributed by atoms with Crippen molar-refractivity contribution in [1.29, 1.82) is 0 Å². The van der Waals surface area contributed by atoms with Crippen LogP contribution in [0.1, 0.15) is 74.2 Å². The second kappa shape index (κ2) is 9.38. The van der Waals surface area contributed by atoms with E-state index in [4.69, 9.17) is 5.84 Å². The van der Waals surface area contributed by atoms with Gasteiger partial charge in [-0.15, -0.1) is 11.3 Å². The van der Waals surface area contributed by atoms with Gasteiger partial charge in [0.2, 0.25) is 0 Å². The smallest absolute Gasteiger partial charge is 0.271 e. The van der Waals surface area contributed by atoms with Crippen molar-refractivity contribution >= 4 is 11.3 Å². The summed E-state index contributed by atoms with van der Waals surface area (Å²) in [6, 6.07) is -0.241. The molecule has 0 amide bonds. The van der Waals surface area contributed by atoms with Crippen LogP contribution in [0.4, 0.5) is 13.2 Å². The Morgan fingerprint density at radius 3 is 2.33 bits per heavy atom. The lowest BCUT2D eigenvalue weighted by Gasteiger charge is -2.13. The average molecular weight is 323 g/mol. The summed E-state index contributed by atoms with van der Waals surface area (Å²) in [6.07, 6.45) is 5.86. The van der Waals surface area contributed by atoms with Crippen molar-refractivity contribution in [2.45, 2.75) is 70.5 Å². The van der Waals surface area contributed by atoms with E-state index in [1.165, 1.54) is 38.3 Å². The van der Waals surface area contributed by atoms with Gasteiger partial charge in [-0.2, -0.15) is 13.2 Å². The maximum Gasteiger partial charge on any atom is 0.443 e. The van der Waals surface area contributed by atoms with Crippen LogP contribution in [-0.2, 0) is 6.18 Å². The molecule has 0 saturated heterocycles. The van der Waals surface area contributed by atoms with Crippen LogP contribution in [0.25, 0.3) is 0 Å². The summed E-state index contributed by atoms with van der Waals surface area (Å²) in [4.78, 5) is 3.98. The van der Waals surface area contributed by atoms with Gasteiger partial charge in [-0.3, -0.25) is 11.3 Å². The third-order valence-electron chi connectivity index (χ3n) is 3.41. The number of unbranched alkanes of at least 4 members (excludes halogenated alkanes) is 6. The molecular formula is C14H24F3N3S. The second-order valence-corrected chi connectivity index (χ2v) is 6.26. The monoisotopic (exact) mass is 323 g/mol. The standard InChI is InChI=1S/C14H24F3N3S/c1-2-3-4-5-6-7-8-9-11(20-18)12-10-19-13(21-12)14(15,16)17/h10-11,20H,2-9,18H2,1H3. The maximum atomic E-state index is 12.5. The van der Waals surface area contributed by atoms with Gasteiger partial charge >= 0.3 is 6.18 Å². The Morgan fingerprint density at radius 1 is 1.19 bits per heavy atom. The van der Waals surface area contributed by atoms with Crippen molar-refractivity contribution in [2.24, 2.45) is 5.84 Å². The van der Waals surface area contributed by atoms with E-state index in [0.717, 1.165) is 19.3 Å². The van der Waals surface area contributed by atoms with Crippen LogP contribution < -0.4 is 11.3 Å². The summed E-state index contributed by atoms with van der Waals surface area (Å²) < 4.78 is 37.6. The molecule has 0 aliphatic carbocycles. The van der Waals surface area contributed by atoms with E-state index >= 15 is 0 Å². The molecule has 1 heterocycles. The summed E-state index contributed by atoms with van der Waals surface area (Å²) in [7, 11) is 0. The van der Waals surface area contributed by atoms with Crippen LogP contribution in [0, 0.1) is 0 Å². The highest BCUT2D eigenvalue weighted by Crippen LogP contribution is 2.35. The van der Waals surface area contributed by atoms with Gasteiger partial charge in [-0.05, 0) is 6.42 Å². The molecule has 3 N–H and O–H groups in total. The SMILES string of the molecule is CCCCCCCCCC(NN)c1cnc(C(F)(F)F)s1. The third kappa shape index (κ3) is 6.76. The van der Waals surface area contributed by atoms with Gasteiger partial charge in [0, 0.05) is 11.1 Å². The molecule has 0 bridgehead atoms. The number of hydrogen-bond donors (Lipinski definition) is 2. The molecule has 0 fully saturated rings. The highest BCUT2D eigenvalue weighted by molar-refractivity contribution is 7.11. The molecule has 21 heavy (non-hydrogen) atoms. The minimum Gasteiger partial charge on any atom is -0.271 e. The summed E-state index contributed by atoms with van der Waals surface area (Å²) in [6.45, 7) is 2.18. The maximum absolute atomic E-state index is 12.5. The van der Waals surface area contributed by atoms with Crippen molar-refractivity contribution in [3.8, 4) is 0 Å². The lowest BCUT2D eigenvalue weighted by molar-refractivity contribution is -0.137. The molecule has 1 rings (SSSR count). The Balaban J connectivity index is 2.33. The van der Waals surface area contributed by atoms with Crippen LogP contribution in [0.5, 0.6) is 0 Å². The van der Waals surface area contributed by atoms with Crippen LogP contribution >= 0.6 is 11.3 Å². The van der Waals surface area contributed by atoms with E-state index in [1.807, 2.05) is 0 Å². The fraction of sp³-hybridized carbons (Fsp3) is 0.786. The zero-order chi connectivity index (χ0) is 15.7. The minimum atomic E-state index is -4.37.